The van der Waals surface area contributed by atoms with Gasteiger partial charge in [0.15, 0.2) is 18.0 Å². The van der Waals surface area contributed by atoms with Crippen molar-refractivity contribution in [3.63, 3.8) is 0 Å². The molecule has 1 aliphatic rings. The van der Waals surface area contributed by atoms with Gasteiger partial charge in [-0.3, -0.25) is 4.57 Å². The lowest BCUT2D eigenvalue weighted by molar-refractivity contribution is -0.0459. The van der Waals surface area contributed by atoms with Crippen molar-refractivity contribution in [1.29, 1.82) is 0 Å². The third kappa shape index (κ3) is 1.79. The van der Waals surface area contributed by atoms with Crippen LogP contribution in [0.4, 0.5) is 4.39 Å². The number of halogens is 1. The van der Waals surface area contributed by atoms with Crippen molar-refractivity contribution in [2.24, 2.45) is 0 Å². The maximum atomic E-state index is 14.0. The lowest BCUT2D eigenvalue weighted by Gasteiger charge is -2.14. The number of alkyl halides is 1. The predicted molar refractivity (Wildman–Crippen MR) is 62.0 cm³/mol. The lowest BCUT2D eigenvalue weighted by Crippen LogP contribution is -2.30. The summed E-state index contributed by atoms with van der Waals surface area (Å²) in [6.45, 7) is 1.33. The van der Waals surface area contributed by atoms with E-state index in [1.165, 1.54) is 17.2 Å². The number of hydrogen-bond donors (Lipinski definition) is 2. The number of aliphatic hydroxyl groups excluding tert-OH is 2. The highest BCUT2D eigenvalue weighted by molar-refractivity contribution is 5.72. The van der Waals surface area contributed by atoms with Crippen LogP contribution in [0.25, 0.3) is 11.2 Å². The van der Waals surface area contributed by atoms with Crippen molar-refractivity contribution in [2.45, 2.75) is 31.5 Å². The van der Waals surface area contributed by atoms with Crippen molar-refractivity contribution < 1.29 is 19.3 Å². The molecule has 1 fully saturated rings. The normalized spacial score (nSPS) is 31.2. The number of nitrogens with zero attached hydrogens (tertiary/aromatic N) is 4. The smallest absolute Gasteiger partial charge is 0.173 e. The number of aromatic nitrogens is 4. The van der Waals surface area contributed by atoms with Gasteiger partial charge in [0.2, 0.25) is 0 Å². The highest BCUT2D eigenvalue weighted by atomic mass is 19.1. The van der Waals surface area contributed by atoms with Gasteiger partial charge >= 0.3 is 0 Å². The summed E-state index contributed by atoms with van der Waals surface area (Å²) in [5.74, 6) is 0. The SMILES string of the molecule is Cc1ncnc2c1ncn2[C@@H]1O[C@H](CO)[C@@H](O)[C@@H]1F. The molecular formula is C11H13FN4O3. The summed E-state index contributed by atoms with van der Waals surface area (Å²) in [5.41, 5.74) is 1.67. The van der Waals surface area contributed by atoms with Crippen molar-refractivity contribution in [3.8, 4) is 0 Å². The van der Waals surface area contributed by atoms with E-state index in [2.05, 4.69) is 15.0 Å². The minimum Gasteiger partial charge on any atom is -0.394 e. The standard InChI is InChI=1S/C11H13FN4O3/c1-5-8-10(14-3-13-5)16(4-15-8)11-7(12)9(18)6(2-17)19-11/h3-4,6-7,9,11,17-18H,2H2,1H3/t6-,7+,9-,11-/m1/s1. The Kier molecular flexibility index (Phi) is 2.92. The highest BCUT2D eigenvalue weighted by Crippen LogP contribution is 2.33. The van der Waals surface area contributed by atoms with E-state index in [-0.39, 0.29) is 0 Å². The predicted octanol–water partition coefficient (Wildman–Crippen LogP) is -0.277. The summed E-state index contributed by atoms with van der Waals surface area (Å²) >= 11 is 0. The van der Waals surface area contributed by atoms with Crippen LogP contribution in [0.5, 0.6) is 0 Å². The monoisotopic (exact) mass is 268 g/mol. The van der Waals surface area contributed by atoms with Crippen molar-refractivity contribution >= 4 is 11.2 Å². The molecule has 3 rings (SSSR count). The van der Waals surface area contributed by atoms with Gasteiger partial charge in [0.25, 0.3) is 0 Å². The van der Waals surface area contributed by atoms with Crippen molar-refractivity contribution in [3.05, 3.63) is 18.3 Å². The maximum Gasteiger partial charge on any atom is 0.173 e. The number of hydrogen-bond acceptors (Lipinski definition) is 6. The Hall–Kier alpha value is -1.64. The number of fused-ring (bicyclic) bond motifs is 1. The van der Waals surface area contributed by atoms with Crippen LogP contribution in [-0.2, 0) is 4.74 Å². The van der Waals surface area contributed by atoms with Crippen LogP contribution >= 0.6 is 0 Å². The Labute approximate surface area is 107 Å². The molecule has 3 heterocycles. The van der Waals surface area contributed by atoms with Crippen LogP contribution in [0.3, 0.4) is 0 Å². The second kappa shape index (κ2) is 4.48. The third-order valence-corrected chi connectivity index (χ3v) is 3.29. The highest BCUT2D eigenvalue weighted by Gasteiger charge is 2.45. The minimum absolute atomic E-state index is 0.436. The molecule has 0 unspecified atom stereocenters. The van der Waals surface area contributed by atoms with Gasteiger partial charge in [0.05, 0.1) is 18.6 Å². The van der Waals surface area contributed by atoms with E-state index in [4.69, 9.17) is 9.84 Å². The van der Waals surface area contributed by atoms with Gasteiger partial charge in [-0.05, 0) is 6.92 Å². The quantitative estimate of drug-likeness (QED) is 0.778. The molecule has 1 aliphatic heterocycles. The van der Waals surface area contributed by atoms with Crippen LogP contribution in [0, 0.1) is 6.92 Å². The van der Waals surface area contributed by atoms with Crippen LogP contribution in [0.2, 0.25) is 0 Å². The van der Waals surface area contributed by atoms with E-state index in [0.29, 0.717) is 16.9 Å². The second-order valence-corrected chi connectivity index (χ2v) is 4.47. The summed E-state index contributed by atoms with van der Waals surface area (Å²) < 4.78 is 20.8. The van der Waals surface area contributed by atoms with Gasteiger partial charge in [-0.15, -0.1) is 0 Å². The largest absolute Gasteiger partial charge is 0.394 e. The summed E-state index contributed by atoms with van der Waals surface area (Å²) in [6, 6.07) is 0. The lowest BCUT2D eigenvalue weighted by atomic mass is 10.1. The molecule has 2 aromatic heterocycles. The van der Waals surface area contributed by atoms with Crippen LogP contribution in [0.15, 0.2) is 12.7 Å². The molecule has 19 heavy (non-hydrogen) atoms. The minimum atomic E-state index is -1.65. The Bertz CT molecular complexity index is 605. The van der Waals surface area contributed by atoms with Gasteiger partial charge in [0.1, 0.15) is 24.1 Å². The number of rotatable bonds is 2. The van der Waals surface area contributed by atoms with Gasteiger partial charge in [0, 0.05) is 0 Å². The zero-order valence-corrected chi connectivity index (χ0v) is 10.1. The van der Waals surface area contributed by atoms with E-state index in [1.54, 1.807) is 6.92 Å². The zero-order chi connectivity index (χ0) is 13.6. The Morgan fingerprint density at radius 2 is 2.21 bits per heavy atom. The Morgan fingerprint density at radius 1 is 1.42 bits per heavy atom. The summed E-state index contributed by atoms with van der Waals surface area (Å²) in [7, 11) is 0. The van der Waals surface area contributed by atoms with Crippen molar-refractivity contribution in [1.82, 2.24) is 19.5 Å². The average molecular weight is 268 g/mol. The van der Waals surface area contributed by atoms with Crippen LogP contribution < -0.4 is 0 Å². The molecular weight excluding hydrogens is 255 g/mol. The van der Waals surface area contributed by atoms with Gasteiger partial charge in [-0.1, -0.05) is 0 Å². The molecule has 2 aromatic rings. The first-order valence-corrected chi connectivity index (χ1v) is 5.86. The molecule has 8 heteroatoms. The van der Waals surface area contributed by atoms with Gasteiger partial charge < -0.3 is 14.9 Å². The molecule has 0 radical (unpaired) electrons. The number of aryl methyl sites for hydroxylation is 1. The Morgan fingerprint density at radius 3 is 2.89 bits per heavy atom. The zero-order valence-electron chi connectivity index (χ0n) is 10.1. The molecule has 0 saturated carbocycles. The van der Waals surface area contributed by atoms with E-state index in [1.807, 2.05) is 0 Å². The van der Waals surface area contributed by atoms with Crippen LogP contribution in [0.1, 0.15) is 11.9 Å². The fourth-order valence-corrected chi connectivity index (χ4v) is 2.23. The summed E-state index contributed by atoms with van der Waals surface area (Å²) in [6.07, 6.45) is -2.25. The average Bonchev–Trinajstić information content (AvgIpc) is 2.94. The fraction of sp³-hybridized carbons (Fsp3) is 0.545. The first-order valence-electron chi connectivity index (χ1n) is 5.86. The van der Waals surface area contributed by atoms with E-state index in [0.717, 1.165) is 0 Å². The molecule has 7 nitrogen and oxygen atoms in total. The molecule has 0 bridgehead atoms. The molecule has 2 N–H and O–H groups in total. The summed E-state index contributed by atoms with van der Waals surface area (Å²) in [5, 5.41) is 18.7. The number of ether oxygens (including phenoxy) is 1. The molecule has 1 saturated heterocycles. The van der Waals surface area contributed by atoms with Crippen LogP contribution in [-0.4, -0.2) is 54.7 Å². The second-order valence-electron chi connectivity index (χ2n) is 4.47. The van der Waals surface area contributed by atoms with E-state index in [9.17, 15) is 9.50 Å². The maximum absolute atomic E-state index is 14.0. The molecule has 0 aromatic carbocycles. The van der Waals surface area contributed by atoms with Gasteiger partial charge in [-0.2, -0.15) is 0 Å². The third-order valence-electron chi connectivity index (χ3n) is 3.29. The number of aliphatic hydroxyl groups is 2. The molecule has 4 atom stereocenters. The molecule has 0 amide bonds. The van der Waals surface area contributed by atoms with Crippen molar-refractivity contribution in [2.75, 3.05) is 6.61 Å². The first-order chi connectivity index (χ1) is 9.13. The summed E-state index contributed by atoms with van der Waals surface area (Å²) in [4.78, 5) is 12.2. The molecule has 0 spiro atoms. The number of imidazole rings is 1. The van der Waals surface area contributed by atoms with Gasteiger partial charge in [-0.25, -0.2) is 19.3 Å². The molecule has 102 valence electrons. The topological polar surface area (TPSA) is 93.3 Å². The fourth-order valence-electron chi connectivity index (χ4n) is 2.23. The van der Waals surface area contributed by atoms with E-state index < -0.39 is 31.2 Å². The first kappa shape index (κ1) is 12.4. The Balaban J connectivity index is 2.04. The van der Waals surface area contributed by atoms with E-state index >= 15 is 0 Å². The molecule has 0 aliphatic carbocycles.